The molecule has 2 heterocycles. The molecule has 0 radical (unpaired) electrons. The van der Waals surface area contributed by atoms with Crippen molar-refractivity contribution < 1.29 is 14.6 Å². The van der Waals surface area contributed by atoms with Gasteiger partial charge in [-0.3, -0.25) is 4.79 Å². The van der Waals surface area contributed by atoms with Gasteiger partial charge in [0, 0.05) is 16.1 Å². The van der Waals surface area contributed by atoms with Crippen molar-refractivity contribution in [2.24, 2.45) is 0 Å². The van der Waals surface area contributed by atoms with Crippen molar-refractivity contribution in [3.05, 3.63) is 51.5 Å². The molecule has 114 valence electrons. The standard InChI is InChI=1S/C16H15NO3S2/c1-20-12-6-7-21-15(12)16(19)17-9-11(18)14-8-10-4-2-3-5-13(10)22-14/h2-8,11,18H,9H2,1H3,(H,17,19). The van der Waals surface area contributed by atoms with Gasteiger partial charge >= 0.3 is 0 Å². The zero-order valence-electron chi connectivity index (χ0n) is 11.9. The lowest BCUT2D eigenvalue weighted by atomic mass is 10.2. The Hall–Kier alpha value is -1.89. The summed E-state index contributed by atoms with van der Waals surface area (Å²) in [4.78, 5) is 13.5. The molecule has 0 bridgehead atoms. The lowest BCUT2D eigenvalue weighted by Gasteiger charge is -2.10. The maximum Gasteiger partial charge on any atom is 0.265 e. The monoisotopic (exact) mass is 333 g/mol. The fourth-order valence-corrected chi connectivity index (χ4v) is 3.99. The second-order valence-corrected chi connectivity index (χ2v) is 6.76. The number of hydrogen-bond donors (Lipinski definition) is 2. The first-order chi connectivity index (χ1) is 10.7. The van der Waals surface area contributed by atoms with Gasteiger partial charge < -0.3 is 15.2 Å². The summed E-state index contributed by atoms with van der Waals surface area (Å²) in [5, 5.41) is 15.9. The minimum absolute atomic E-state index is 0.173. The number of aliphatic hydroxyl groups excluding tert-OH is 1. The molecule has 0 aliphatic heterocycles. The Balaban J connectivity index is 1.67. The molecule has 0 fully saturated rings. The van der Waals surface area contributed by atoms with E-state index in [2.05, 4.69) is 5.32 Å². The molecule has 0 spiro atoms. The number of fused-ring (bicyclic) bond motifs is 1. The minimum atomic E-state index is -0.715. The van der Waals surface area contributed by atoms with Crippen LogP contribution >= 0.6 is 22.7 Å². The van der Waals surface area contributed by atoms with E-state index in [1.807, 2.05) is 30.3 Å². The van der Waals surface area contributed by atoms with Gasteiger partial charge in [0.15, 0.2) is 0 Å². The van der Waals surface area contributed by atoms with Gasteiger partial charge in [0.05, 0.1) is 7.11 Å². The molecule has 3 rings (SSSR count). The van der Waals surface area contributed by atoms with Gasteiger partial charge in [0.2, 0.25) is 0 Å². The Labute approximate surface area is 136 Å². The molecule has 1 amide bonds. The van der Waals surface area contributed by atoms with Crippen molar-refractivity contribution >= 4 is 38.7 Å². The number of aliphatic hydroxyl groups is 1. The van der Waals surface area contributed by atoms with Crippen molar-refractivity contribution in [2.45, 2.75) is 6.10 Å². The first-order valence-corrected chi connectivity index (χ1v) is 8.45. The predicted octanol–water partition coefficient (Wildman–Crippen LogP) is 3.43. The number of benzene rings is 1. The summed E-state index contributed by atoms with van der Waals surface area (Å²) in [6, 6.07) is 11.7. The van der Waals surface area contributed by atoms with Crippen LogP contribution in [0, 0.1) is 0 Å². The lowest BCUT2D eigenvalue weighted by molar-refractivity contribution is 0.0919. The third-order valence-corrected chi connectivity index (χ3v) is 5.40. The fraction of sp³-hybridized carbons (Fsp3) is 0.188. The van der Waals surface area contributed by atoms with Crippen LogP contribution in [0.4, 0.5) is 0 Å². The smallest absolute Gasteiger partial charge is 0.265 e. The maximum absolute atomic E-state index is 12.1. The topological polar surface area (TPSA) is 58.6 Å². The van der Waals surface area contributed by atoms with Crippen LogP contribution in [0.1, 0.15) is 20.7 Å². The Morgan fingerprint density at radius 1 is 1.36 bits per heavy atom. The highest BCUT2D eigenvalue weighted by Gasteiger charge is 2.17. The number of nitrogens with one attached hydrogen (secondary N) is 1. The molecule has 0 aliphatic rings. The van der Waals surface area contributed by atoms with Gasteiger partial charge in [-0.25, -0.2) is 0 Å². The summed E-state index contributed by atoms with van der Waals surface area (Å²) in [7, 11) is 1.53. The number of carbonyl (C=O) groups is 1. The first-order valence-electron chi connectivity index (χ1n) is 6.75. The van der Waals surface area contributed by atoms with Gasteiger partial charge in [-0.05, 0) is 29.0 Å². The zero-order valence-corrected chi connectivity index (χ0v) is 13.5. The van der Waals surface area contributed by atoms with E-state index in [4.69, 9.17) is 4.74 Å². The Morgan fingerprint density at radius 3 is 2.95 bits per heavy atom. The molecule has 2 N–H and O–H groups in total. The van der Waals surface area contributed by atoms with E-state index in [0.29, 0.717) is 10.6 Å². The number of hydrogen-bond acceptors (Lipinski definition) is 5. The van der Waals surface area contributed by atoms with Gasteiger partial charge in [-0.15, -0.1) is 22.7 Å². The van der Waals surface area contributed by atoms with Crippen LogP contribution < -0.4 is 10.1 Å². The van der Waals surface area contributed by atoms with E-state index in [1.54, 1.807) is 11.4 Å². The first kappa shape index (κ1) is 15.0. The minimum Gasteiger partial charge on any atom is -0.495 e. The molecule has 1 aromatic carbocycles. The molecule has 1 unspecified atom stereocenters. The van der Waals surface area contributed by atoms with Crippen LogP contribution in [0.5, 0.6) is 5.75 Å². The second kappa shape index (κ2) is 6.48. The molecule has 3 aromatic rings. The van der Waals surface area contributed by atoms with Crippen molar-refractivity contribution in [1.29, 1.82) is 0 Å². The molecule has 0 saturated carbocycles. The number of thiophene rings is 2. The SMILES string of the molecule is COc1ccsc1C(=O)NCC(O)c1cc2ccccc2s1. The predicted molar refractivity (Wildman–Crippen MR) is 90.0 cm³/mol. The highest BCUT2D eigenvalue weighted by Crippen LogP contribution is 2.30. The van der Waals surface area contributed by atoms with Crippen LogP contribution in [0.3, 0.4) is 0 Å². The fourth-order valence-electron chi connectivity index (χ4n) is 2.16. The molecule has 2 aromatic heterocycles. The summed E-state index contributed by atoms with van der Waals surface area (Å²) in [5.74, 6) is 0.325. The molecule has 0 saturated heterocycles. The molecular formula is C16H15NO3S2. The zero-order chi connectivity index (χ0) is 15.5. The second-order valence-electron chi connectivity index (χ2n) is 4.73. The molecule has 4 nitrogen and oxygen atoms in total. The summed E-state index contributed by atoms with van der Waals surface area (Å²) >= 11 is 2.86. The number of amides is 1. The Kier molecular flexibility index (Phi) is 4.42. The Morgan fingerprint density at radius 2 is 2.18 bits per heavy atom. The maximum atomic E-state index is 12.1. The number of rotatable bonds is 5. The van der Waals surface area contributed by atoms with Crippen molar-refractivity contribution in [1.82, 2.24) is 5.32 Å². The summed E-state index contributed by atoms with van der Waals surface area (Å²) in [5.41, 5.74) is 0. The van der Waals surface area contributed by atoms with E-state index in [-0.39, 0.29) is 12.5 Å². The van der Waals surface area contributed by atoms with Crippen LogP contribution in [-0.2, 0) is 0 Å². The van der Waals surface area contributed by atoms with E-state index in [0.717, 1.165) is 15.0 Å². The largest absolute Gasteiger partial charge is 0.495 e. The average molecular weight is 333 g/mol. The molecular weight excluding hydrogens is 318 g/mol. The van der Waals surface area contributed by atoms with Crippen molar-refractivity contribution in [2.75, 3.05) is 13.7 Å². The quantitative estimate of drug-likeness (QED) is 0.752. The van der Waals surface area contributed by atoms with Gasteiger partial charge in [0.25, 0.3) is 5.91 Å². The van der Waals surface area contributed by atoms with Crippen LogP contribution in [0.2, 0.25) is 0 Å². The van der Waals surface area contributed by atoms with Crippen LogP contribution in [0.25, 0.3) is 10.1 Å². The van der Waals surface area contributed by atoms with Gasteiger partial charge in [0.1, 0.15) is 16.7 Å². The van der Waals surface area contributed by atoms with Crippen molar-refractivity contribution in [3.63, 3.8) is 0 Å². The average Bonchev–Trinajstić information content (AvgIpc) is 3.17. The summed E-state index contributed by atoms with van der Waals surface area (Å²) in [6.07, 6.45) is -0.715. The highest BCUT2D eigenvalue weighted by molar-refractivity contribution is 7.19. The normalized spacial score (nSPS) is 12.3. The van der Waals surface area contributed by atoms with Crippen LogP contribution in [0.15, 0.2) is 41.8 Å². The third-order valence-electron chi connectivity index (χ3n) is 3.28. The number of carbonyl (C=O) groups excluding carboxylic acids is 1. The number of methoxy groups -OCH3 is 1. The van der Waals surface area contributed by atoms with Crippen molar-refractivity contribution in [3.8, 4) is 5.75 Å². The summed E-state index contributed by atoms with van der Waals surface area (Å²) < 4.78 is 6.25. The Bertz CT molecular complexity index is 760. The van der Waals surface area contributed by atoms with E-state index in [1.165, 1.54) is 29.8 Å². The number of ether oxygens (including phenoxy) is 1. The van der Waals surface area contributed by atoms with E-state index in [9.17, 15) is 9.90 Å². The highest BCUT2D eigenvalue weighted by atomic mass is 32.1. The van der Waals surface area contributed by atoms with Gasteiger partial charge in [-0.2, -0.15) is 0 Å². The molecule has 22 heavy (non-hydrogen) atoms. The lowest BCUT2D eigenvalue weighted by Crippen LogP contribution is -2.27. The van der Waals surface area contributed by atoms with E-state index < -0.39 is 6.10 Å². The van der Waals surface area contributed by atoms with E-state index >= 15 is 0 Å². The third kappa shape index (κ3) is 2.99. The van der Waals surface area contributed by atoms with Gasteiger partial charge in [-0.1, -0.05) is 18.2 Å². The molecule has 6 heteroatoms. The molecule has 0 aliphatic carbocycles. The summed E-state index contributed by atoms with van der Waals surface area (Å²) in [6.45, 7) is 0.173. The molecule has 1 atom stereocenters. The van der Waals surface area contributed by atoms with Crippen LogP contribution in [-0.4, -0.2) is 24.7 Å².